The van der Waals surface area contributed by atoms with Gasteiger partial charge in [0.25, 0.3) is 5.91 Å². The Morgan fingerprint density at radius 1 is 1.21 bits per heavy atom. The number of aromatic nitrogens is 2. The van der Waals surface area contributed by atoms with Crippen molar-refractivity contribution in [1.82, 2.24) is 14.9 Å². The van der Waals surface area contributed by atoms with E-state index in [1.807, 2.05) is 61.7 Å². The molecule has 0 saturated carbocycles. The summed E-state index contributed by atoms with van der Waals surface area (Å²) in [4.78, 5) is 17.1. The maximum atomic E-state index is 12.8. The highest BCUT2D eigenvalue weighted by Crippen LogP contribution is 2.39. The number of amides is 1. The standard InChI is InChI=1S/C23H25N3O2/c1-16-24-12-13-26(16)15-17-8-10-18(11-9-17)22(27)25-20-14-23(2,3)28-21-7-5-4-6-19(20)21/h4-13,20H,14-15H2,1-3H3,(H,25,27)/t20-/m0/s1. The summed E-state index contributed by atoms with van der Waals surface area (Å²) >= 11 is 0. The molecule has 0 unspecified atom stereocenters. The van der Waals surface area contributed by atoms with Gasteiger partial charge in [0, 0.05) is 36.5 Å². The first-order chi connectivity index (χ1) is 13.4. The number of ether oxygens (including phenoxy) is 1. The zero-order valence-corrected chi connectivity index (χ0v) is 16.5. The fourth-order valence-electron chi connectivity index (χ4n) is 3.70. The van der Waals surface area contributed by atoms with Gasteiger partial charge in [-0.1, -0.05) is 30.3 Å². The van der Waals surface area contributed by atoms with Crippen molar-refractivity contribution in [2.45, 2.75) is 45.4 Å². The fourth-order valence-corrected chi connectivity index (χ4v) is 3.70. The summed E-state index contributed by atoms with van der Waals surface area (Å²) < 4.78 is 8.13. The molecule has 28 heavy (non-hydrogen) atoms. The normalized spacial score (nSPS) is 17.5. The number of carbonyl (C=O) groups is 1. The molecule has 1 atom stereocenters. The van der Waals surface area contributed by atoms with Gasteiger partial charge in [0.15, 0.2) is 0 Å². The summed E-state index contributed by atoms with van der Waals surface area (Å²) in [5.41, 5.74) is 2.50. The number of hydrogen-bond acceptors (Lipinski definition) is 3. The summed E-state index contributed by atoms with van der Waals surface area (Å²) in [7, 11) is 0. The Morgan fingerprint density at radius 3 is 2.68 bits per heavy atom. The first-order valence-electron chi connectivity index (χ1n) is 9.57. The molecule has 5 nitrogen and oxygen atoms in total. The van der Waals surface area contributed by atoms with Crippen LogP contribution in [-0.2, 0) is 6.54 Å². The van der Waals surface area contributed by atoms with E-state index >= 15 is 0 Å². The van der Waals surface area contributed by atoms with Crippen molar-refractivity contribution in [3.63, 3.8) is 0 Å². The lowest BCUT2D eigenvalue weighted by atomic mass is 9.89. The number of hydrogen-bond donors (Lipinski definition) is 1. The molecular formula is C23H25N3O2. The largest absolute Gasteiger partial charge is 0.487 e. The smallest absolute Gasteiger partial charge is 0.251 e. The number of aryl methyl sites for hydroxylation is 1. The average molecular weight is 375 g/mol. The second-order valence-electron chi connectivity index (χ2n) is 7.93. The average Bonchev–Trinajstić information content (AvgIpc) is 3.06. The van der Waals surface area contributed by atoms with Crippen molar-refractivity contribution in [2.75, 3.05) is 0 Å². The molecule has 3 aromatic rings. The highest BCUT2D eigenvalue weighted by atomic mass is 16.5. The summed E-state index contributed by atoms with van der Waals surface area (Å²) in [6.07, 6.45) is 4.48. The molecule has 5 heteroatoms. The van der Waals surface area contributed by atoms with Gasteiger partial charge in [-0.3, -0.25) is 4.79 Å². The van der Waals surface area contributed by atoms with Crippen LogP contribution in [0.4, 0.5) is 0 Å². The van der Waals surface area contributed by atoms with E-state index in [-0.39, 0.29) is 17.6 Å². The molecule has 1 N–H and O–H groups in total. The Balaban J connectivity index is 1.49. The highest BCUT2D eigenvalue weighted by Gasteiger charge is 2.34. The van der Waals surface area contributed by atoms with E-state index in [1.165, 1.54) is 0 Å². The summed E-state index contributed by atoms with van der Waals surface area (Å²) in [5.74, 6) is 1.75. The van der Waals surface area contributed by atoms with Gasteiger partial charge in [-0.25, -0.2) is 4.98 Å². The molecule has 0 radical (unpaired) electrons. The van der Waals surface area contributed by atoms with Gasteiger partial charge >= 0.3 is 0 Å². The first-order valence-corrected chi connectivity index (χ1v) is 9.57. The fraction of sp³-hybridized carbons (Fsp3) is 0.304. The summed E-state index contributed by atoms with van der Waals surface area (Å²) in [6.45, 7) is 6.83. The lowest BCUT2D eigenvalue weighted by molar-refractivity contribution is 0.0619. The number of rotatable bonds is 4. The van der Waals surface area contributed by atoms with E-state index in [2.05, 4.69) is 28.7 Å². The second-order valence-corrected chi connectivity index (χ2v) is 7.93. The van der Waals surface area contributed by atoms with Crippen LogP contribution >= 0.6 is 0 Å². The van der Waals surface area contributed by atoms with E-state index in [4.69, 9.17) is 4.74 Å². The van der Waals surface area contributed by atoms with E-state index in [0.29, 0.717) is 5.56 Å². The Hall–Kier alpha value is -3.08. The minimum atomic E-state index is -0.321. The van der Waals surface area contributed by atoms with E-state index < -0.39 is 0 Å². The molecule has 0 bridgehead atoms. The molecule has 1 amide bonds. The van der Waals surface area contributed by atoms with Crippen LogP contribution in [0.1, 0.15) is 53.6 Å². The lowest BCUT2D eigenvalue weighted by Gasteiger charge is -2.37. The van der Waals surface area contributed by atoms with Crippen molar-refractivity contribution >= 4 is 5.91 Å². The van der Waals surface area contributed by atoms with Gasteiger partial charge in [-0.15, -0.1) is 0 Å². The predicted octanol–water partition coefficient (Wildman–Crippen LogP) is 4.27. The van der Waals surface area contributed by atoms with Crippen LogP contribution in [0.2, 0.25) is 0 Å². The third-order valence-corrected chi connectivity index (χ3v) is 5.17. The number of carbonyl (C=O) groups excluding carboxylic acids is 1. The van der Waals surface area contributed by atoms with Crippen LogP contribution in [0.25, 0.3) is 0 Å². The van der Waals surface area contributed by atoms with Crippen molar-refractivity contribution in [1.29, 1.82) is 0 Å². The molecule has 0 aliphatic carbocycles. The van der Waals surface area contributed by atoms with Crippen LogP contribution in [0, 0.1) is 6.92 Å². The Bertz CT molecular complexity index is 989. The number of nitrogens with zero attached hydrogens (tertiary/aromatic N) is 2. The topological polar surface area (TPSA) is 56.2 Å². The van der Waals surface area contributed by atoms with Crippen molar-refractivity contribution in [2.24, 2.45) is 0 Å². The van der Waals surface area contributed by atoms with Gasteiger partial charge in [0.1, 0.15) is 17.2 Å². The Morgan fingerprint density at radius 2 is 1.96 bits per heavy atom. The lowest BCUT2D eigenvalue weighted by Crippen LogP contribution is -2.41. The molecule has 2 heterocycles. The molecule has 0 spiro atoms. The molecule has 4 rings (SSSR count). The Labute approximate surface area is 165 Å². The molecule has 1 aliphatic rings. The summed E-state index contributed by atoms with van der Waals surface area (Å²) in [5, 5.41) is 3.19. The minimum absolute atomic E-state index is 0.0668. The monoisotopic (exact) mass is 375 g/mol. The van der Waals surface area contributed by atoms with E-state index in [1.54, 1.807) is 6.20 Å². The van der Waals surface area contributed by atoms with Crippen LogP contribution in [0.3, 0.4) is 0 Å². The molecule has 1 aliphatic heterocycles. The van der Waals surface area contributed by atoms with Crippen molar-refractivity contribution < 1.29 is 9.53 Å². The van der Waals surface area contributed by atoms with Crippen molar-refractivity contribution in [3.05, 3.63) is 83.4 Å². The Kier molecular flexibility index (Phi) is 4.67. The van der Waals surface area contributed by atoms with Crippen LogP contribution in [0.5, 0.6) is 5.75 Å². The van der Waals surface area contributed by atoms with E-state index in [0.717, 1.165) is 35.7 Å². The molecule has 0 fully saturated rings. The number of imidazole rings is 1. The molecular weight excluding hydrogens is 350 g/mol. The first kappa shape index (κ1) is 18.3. The van der Waals surface area contributed by atoms with Gasteiger partial charge in [0.05, 0.1) is 6.04 Å². The molecule has 0 saturated heterocycles. The number of benzene rings is 2. The molecule has 144 valence electrons. The quantitative estimate of drug-likeness (QED) is 0.741. The zero-order chi connectivity index (χ0) is 19.7. The highest BCUT2D eigenvalue weighted by molar-refractivity contribution is 5.94. The maximum Gasteiger partial charge on any atom is 0.251 e. The second kappa shape index (κ2) is 7.15. The number of nitrogens with one attached hydrogen (secondary N) is 1. The zero-order valence-electron chi connectivity index (χ0n) is 16.5. The van der Waals surface area contributed by atoms with E-state index in [9.17, 15) is 4.79 Å². The summed E-state index contributed by atoms with van der Waals surface area (Å²) in [6, 6.07) is 15.6. The van der Waals surface area contributed by atoms with Crippen LogP contribution < -0.4 is 10.1 Å². The molecule has 1 aromatic heterocycles. The van der Waals surface area contributed by atoms with Crippen molar-refractivity contribution in [3.8, 4) is 5.75 Å². The third-order valence-electron chi connectivity index (χ3n) is 5.17. The van der Waals surface area contributed by atoms with Gasteiger partial charge < -0.3 is 14.6 Å². The number of para-hydroxylation sites is 1. The van der Waals surface area contributed by atoms with Crippen LogP contribution in [0.15, 0.2) is 60.9 Å². The predicted molar refractivity (Wildman–Crippen MR) is 108 cm³/mol. The van der Waals surface area contributed by atoms with Crippen LogP contribution in [-0.4, -0.2) is 21.1 Å². The molecule has 2 aromatic carbocycles. The SMILES string of the molecule is Cc1nccn1Cc1ccc(C(=O)N[C@H]2CC(C)(C)Oc3ccccc32)cc1. The maximum absolute atomic E-state index is 12.8. The van der Waals surface area contributed by atoms with Gasteiger partial charge in [-0.2, -0.15) is 0 Å². The third kappa shape index (κ3) is 3.79. The number of fused-ring (bicyclic) bond motifs is 1. The van der Waals surface area contributed by atoms with Gasteiger partial charge in [0.2, 0.25) is 0 Å². The minimum Gasteiger partial charge on any atom is -0.487 e. The van der Waals surface area contributed by atoms with Gasteiger partial charge in [-0.05, 0) is 44.5 Å².